The van der Waals surface area contributed by atoms with Gasteiger partial charge in [0.1, 0.15) is 5.58 Å². The number of carbonyl (C=O) groups is 1. The van der Waals surface area contributed by atoms with Gasteiger partial charge < -0.3 is 13.9 Å². The van der Waals surface area contributed by atoms with Crippen LogP contribution in [-0.2, 0) is 0 Å². The van der Waals surface area contributed by atoms with Crippen LogP contribution in [0.4, 0.5) is 0 Å². The first-order valence-corrected chi connectivity index (χ1v) is 7.62. The molecule has 4 nitrogen and oxygen atoms in total. The van der Waals surface area contributed by atoms with Crippen LogP contribution in [0.1, 0.15) is 16.1 Å². The molecule has 0 spiro atoms. The number of hydrogen-bond acceptors (Lipinski definition) is 4. The molecule has 0 saturated carbocycles. The molecule has 3 aromatic rings. The molecule has 5 heteroatoms. The first-order valence-electron chi connectivity index (χ1n) is 7.25. The molecule has 0 fully saturated rings. The summed E-state index contributed by atoms with van der Waals surface area (Å²) in [6, 6.07) is 12.4. The summed E-state index contributed by atoms with van der Waals surface area (Å²) in [6.45, 7) is 0. The Bertz CT molecular complexity index is 924. The number of methoxy groups -OCH3 is 2. The first-order chi connectivity index (χ1) is 11.6. The molecule has 0 amide bonds. The van der Waals surface area contributed by atoms with E-state index in [-0.39, 0.29) is 11.5 Å². The van der Waals surface area contributed by atoms with E-state index < -0.39 is 0 Å². The molecule has 0 bridgehead atoms. The second-order valence-corrected chi connectivity index (χ2v) is 5.51. The number of furan rings is 1. The van der Waals surface area contributed by atoms with Crippen LogP contribution >= 0.6 is 11.6 Å². The Morgan fingerprint density at radius 3 is 2.71 bits per heavy atom. The largest absolute Gasteiger partial charge is 0.493 e. The maximum absolute atomic E-state index is 12.3. The fourth-order valence-corrected chi connectivity index (χ4v) is 2.61. The standard InChI is InChI=1S/C19H15ClO4/c1-22-17-5-3-4-12(19(17)23-2)6-8-15(21)18-11-13-10-14(20)7-9-16(13)24-18/h3-11H,1-2H3/b8-6+. The van der Waals surface area contributed by atoms with Crippen LogP contribution in [0.3, 0.4) is 0 Å². The van der Waals surface area contributed by atoms with E-state index in [4.69, 9.17) is 25.5 Å². The molecular weight excluding hydrogens is 328 g/mol. The summed E-state index contributed by atoms with van der Waals surface area (Å²) < 4.78 is 16.1. The fourth-order valence-electron chi connectivity index (χ4n) is 2.43. The van der Waals surface area contributed by atoms with Gasteiger partial charge in [-0.05, 0) is 42.5 Å². The van der Waals surface area contributed by atoms with Gasteiger partial charge in [-0.1, -0.05) is 23.7 Å². The Morgan fingerprint density at radius 1 is 1.12 bits per heavy atom. The SMILES string of the molecule is COc1cccc(/C=C/C(=O)c2cc3cc(Cl)ccc3o2)c1OC. The van der Waals surface area contributed by atoms with Gasteiger partial charge in [-0.25, -0.2) is 0 Å². The second-order valence-electron chi connectivity index (χ2n) is 5.07. The maximum Gasteiger partial charge on any atom is 0.221 e. The monoisotopic (exact) mass is 342 g/mol. The predicted octanol–water partition coefficient (Wildman–Crippen LogP) is 5.00. The lowest BCUT2D eigenvalue weighted by atomic mass is 10.1. The minimum Gasteiger partial charge on any atom is -0.493 e. The van der Waals surface area contributed by atoms with Crippen LogP contribution in [0.5, 0.6) is 11.5 Å². The molecule has 1 heterocycles. The molecule has 0 unspecified atom stereocenters. The number of ether oxygens (including phenoxy) is 2. The number of para-hydroxylation sites is 1. The van der Waals surface area contributed by atoms with Crippen LogP contribution in [0.25, 0.3) is 17.0 Å². The van der Waals surface area contributed by atoms with E-state index in [0.717, 1.165) is 10.9 Å². The molecule has 24 heavy (non-hydrogen) atoms. The van der Waals surface area contributed by atoms with Gasteiger partial charge in [0.05, 0.1) is 14.2 Å². The minimum atomic E-state index is -0.243. The predicted molar refractivity (Wildman–Crippen MR) is 94.1 cm³/mol. The van der Waals surface area contributed by atoms with Gasteiger partial charge in [-0.15, -0.1) is 0 Å². The average molecular weight is 343 g/mol. The zero-order valence-corrected chi connectivity index (χ0v) is 14.0. The Balaban J connectivity index is 1.89. The van der Waals surface area contributed by atoms with Gasteiger partial charge in [0.2, 0.25) is 5.78 Å². The summed E-state index contributed by atoms with van der Waals surface area (Å²) in [5.41, 5.74) is 1.36. The quantitative estimate of drug-likeness (QED) is 0.483. The van der Waals surface area contributed by atoms with Gasteiger partial charge in [0, 0.05) is 16.0 Å². The summed E-state index contributed by atoms with van der Waals surface area (Å²) in [4.78, 5) is 12.3. The number of hydrogen-bond donors (Lipinski definition) is 0. The van der Waals surface area contributed by atoms with Crippen molar-refractivity contribution in [2.24, 2.45) is 0 Å². The zero-order valence-electron chi connectivity index (χ0n) is 13.2. The van der Waals surface area contributed by atoms with E-state index in [1.165, 1.54) is 6.08 Å². The van der Waals surface area contributed by atoms with E-state index >= 15 is 0 Å². The van der Waals surface area contributed by atoms with Gasteiger partial charge in [-0.3, -0.25) is 4.79 Å². The number of allylic oxidation sites excluding steroid dienone is 1. The Labute approximate surface area is 144 Å². The number of rotatable bonds is 5. The van der Waals surface area contributed by atoms with Crippen molar-refractivity contribution in [3.05, 3.63) is 64.9 Å². The van der Waals surface area contributed by atoms with Crippen molar-refractivity contribution in [1.82, 2.24) is 0 Å². The zero-order chi connectivity index (χ0) is 17.1. The van der Waals surface area contributed by atoms with Crippen LogP contribution < -0.4 is 9.47 Å². The number of ketones is 1. The molecule has 2 aromatic carbocycles. The normalized spacial score (nSPS) is 11.1. The van der Waals surface area contributed by atoms with Crippen molar-refractivity contribution in [1.29, 1.82) is 0 Å². The van der Waals surface area contributed by atoms with E-state index in [0.29, 0.717) is 22.1 Å². The topological polar surface area (TPSA) is 48.7 Å². The summed E-state index contributed by atoms with van der Waals surface area (Å²) in [5, 5.41) is 1.39. The van der Waals surface area contributed by atoms with E-state index in [2.05, 4.69) is 0 Å². The minimum absolute atomic E-state index is 0.243. The highest BCUT2D eigenvalue weighted by Crippen LogP contribution is 2.31. The number of carbonyl (C=O) groups excluding carboxylic acids is 1. The molecule has 0 atom stereocenters. The molecule has 3 rings (SSSR count). The van der Waals surface area contributed by atoms with Crippen molar-refractivity contribution in [3.8, 4) is 11.5 Å². The van der Waals surface area contributed by atoms with Crippen molar-refractivity contribution in [3.63, 3.8) is 0 Å². The summed E-state index contributed by atoms with van der Waals surface area (Å²) in [5.74, 6) is 1.18. The Kier molecular flexibility index (Phi) is 4.58. The maximum atomic E-state index is 12.3. The van der Waals surface area contributed by atoms with Crippen LogP contribution in [0.2, 0.25) is 5.02 Å². The van der Waals surface area contributed by atoms with Gasteiger partial charge in [0.15, 0.2) is 17.3 Å². The third-order valence-corrected chi connectivity index (χ3v) is 3.80. The molecule has 0 aliphatic rings. The van der Waals surface area contributed by atoms with Gasteiger partial charge >= 0.3 is 0 Å². The molecule has 1 aromatic heterocycles. The summed E-state index contributed by atoms with van der Waals surface area (Å²) >= 11 is 5.94. The van der Waals surface area contributed by atoms with Crippen molar-refractivity contribution in [2.45, 2.75) is 0 Å². The van der Waals surface area contributed by atoms with Gasteiger partial charge in [-0.2, -0.15) is 0 Å². The first kappa shape index (κ1) is 16.1. The summed E-state index contributed by atoms with van der Waals surface area (Å²) in [6.07, 6.45) is 3.11. The van der Waals surface area contributed by atoms with Crippen LogP contribution in [0, 0.1) is 0 Å². The molecule has 122 valence electrons. The van der Waals surface area contributed by atoms with Crippen LogP contribution in [-0.4, -0.2) is 20.0 Å². The Morgan fingerprint density at radius 2 is 1.96 bits per heavy atom. The van der Waals surface area contributed by atoms with E-state index in [1.807, 2.05) is 12.1 Å². The van der Waals surface area contributed by atoms with E-state index in [9.17, 15) is 4.79 Å². The van der Waals surface area contributed by atoms with Crippen LogP contribution in [0.15, 0.2) is 53.0 Å². The number of halogens is 1. The molecule has 0 aliphatic heterocycles. The van der Waals surface area contributed by atoms with Crippen molar-refractivity contribution < 1.29 is 18.7 Å². The number of benzene rings is 2. The fraction of sp³-hybridized carbons (Fsp3) is 0.105. The highest BCUT2D eigenvalue weighted by molar-refractivity contribution is 6.31. The average Bonchev–Trinajstić information content (AvgIpc) is 3.02. The third kappa shape index (κ3) is 3.14. The van der Waals surface area contributed by atoms with E-state index in [1.54, 1.807) is 50.6 Å². The molecule has 0 saturated heterocycles. The van der Waals surface area contributed by atoms with Crippen molar-refractivity contribution in [2.75, 3.05) is 14.2 Å². The molecular formula is C19H15ClO4. The smallest absolute Gasteiger partial charge is 0.221 e. The second kappa shape index (κ2) is 6.81. The number of fused-ring (bicyclic) bond motifs is 1. The highest BCUT2D eigenvalue weighted by Gasteiger charge is 2.11. The lowest BCUT2D eigenvalue weighted by molar-refractivity contribution is 0.102. The highest BCUT2D eigenvalue weighted by atomic mass is 35.5. The van der Waals surface area contributed by atoms with Gasteiger partial charge in [0.25, 0.3) is 0 Å². The molecule has 0 aliphatic carbocycles. The third-order valence-electron chi connectivity index (χ3n) is 3.57. The summed E-state index contributed by atoms with van der Waals surface area (Å²) in [7, 11) is 3.12. The molecule has 0 N–H and O–H groups in total. The lowest BCUT2D eigenvalue weighted by Crippen LogP contribution is -1.94. The van der Waals surface area contributed by atoms with Crippen molar-refractivity contribution >= 4 is 34.4 Å². The Hall–Kier alpha value is -2.72. The lowest BCUT2D eigenvalue weighted by Gasteiger charge is -2.09. The molecule has 0 radical (unpaired) electrons.